The molecule has 0 fully saturated rings. The van der Waals surface area contributed by atoms with E-state index >= 15 is 0 Å². The van der Waals surface area contributed by atoms with Gasteiger partial charge in [0.2, 0.25) is 0 Å². The highest BCUT2D eigenvalue weighted by atomic mass is 16.4. The molecular formula is C24H44NO6+. The van der Waals surface area contributed by atoms with Gasteiger partial charge in [-0.3, -0.25) is 4.48 Å². The van der Waals surface area contributed by atoms with Gasteiger partial charge in [-0.1, -0.05) is 72.0 Å². The molecule has 0 saturated carbocycles. The number of hydrogen-bond acceptors (Lipinski definition) is 3. The monoisotopic (exact) mass is 442 g/mol. The Labute approximate surface area is 187 Å². The Morgan fingerprint density at radius 1 is 0.645 bits per heavy atom. The largest absolute Gasteiger partial charge is 0.477 e. The van der Waals surface area contributed by atoms with Gasteiger partial charge in [0.05, 0.1) is 6.54 Å². The second-order valence-corrected chi connectivity index (χ2v) is 8.32. The number of carbonyl (C=O) groups is 3. The molecule has 0 aliphatic carbocycles. The highest BCUT2D eigenvalue weighted by Gasteiger charge is 2.55. The Balaban J connectivity index is 5.60. The van der Waals surface area contributed by atoms with Crippen molar-refractivity contribution in [1.29, 1.82) is 0 Å². The summed E-state index contributed by atoms with van der Waals surface area (Å²) in [6, 6.07) is -3.27. The Hall–Kier alpha value is -1.89. The number of quaternary nitrogens is 1. The van der Waals surface area contributed by atoms with Crippen molar-refractivity contribution >= 4 is 17.9 Å². The van der Waals surface area contributed by atoms with Crippen molar-refractivity contribution in [2.45, 2.75) is 116 Å². The first-order valence-electron chi connectivity index (χ1n) is 11.9. The third-order valence-corrected chi connectivity index (χ3v) is 6.33. The van der Waals surface area contributed by atoms with Gasteiger partial charge in [-0.05, 0) is 12.8 Å². The molecule has 7 heteroatoms. The second kappa shape index (κ2) is 15.8. The fourth-order valence-electron chi connectivity index (χ4n) is 4.86. The van der Waals surface area contributed by atoms with Crippen LogP contribution < -0.4 is 0 Å². The SMILES string of the molecule is CCCCCCCC/C=C/CC[N+](C(CC)C(=O)O)(C(CC)C(=O)O)C(CC)C(=O)O. The first-order chi connectivity index (χ1) is 14.7. The van der Waals surface area contributed by atoms with Crippen molar-refractivity contribution in [3.05, 3.63) is 12.2 Å². The van der Waals surface area contributed by atoms with Gasteiger partial charge in [-0.15, -0.1) is 0 Å². The van der Waals surface area contributed by atoms with Crippen molar-refractivity contribution in [3.63, 3.8) is 0 Å². The van der Waals surface area contributed by atoms with E-state index in [0.717, 1.165) is 12.8 Å². The van der Waals surface area contributed by atoms with Crippen LogP contribution in [-0.4, -0.2) is 62.4 Å². The zero-order valence-electron chi connectivity index (χ0n) is 19.9. The van der Waals surface area contributed by atoms with Gasteiger partial charge in [0.15, 0.2) is 18.1 Å². The molecule has 3 unspecified atom stereocenters. The first-order valence-corrected chi connectivity index (χ1v) is 11.9. The summed E-state index contributed by atoms with van der Waals surface area (Å²) in [4.78, 5) is 36.4. The fourth-order valence-corrected chi connectivity index (χ4v) is 4.86. The standard InChI is InChI=1S/C24H43NO6/c1-5-9-10-11-12-13-14-15-16-17-18-25(19(6-2)22(26)27,20(7-3)23(28)29)21(8-4)24(30)31/h15-16,19-21H,5-14,17-18H2,1-4H3,(H2-,26,27,28,29,30,31)/p+1/b16-15+. The lowest BCUT2D eigenvalue weighted by Crippen LogP contribution is -2.72. The summed E-state index contributed by atoms with van der Waals surface area (Å²) < 4.78 is -0.454. The molecule has 0 aromatic heterocycles. The van der Waals surface area contributed by atoms with E-state index in [4.69, 9.17) is 0 Å². The Morgan fingerprint density at radius 3 is 1.42 bits per heavy atom. The van der Waals surface area contributed by atoms with Crippen molar-refractivity contribution in [2.24, 2.45) is 0 Å². The maximum Gasteiger partial charge on any atom is 0.362 e. The van der Waals surface area contributed by atoms with E-state index in [0.29, 0.717) is 6.42 Å². The molecule has 0 aromatic carbocycles. The molecule has 0 amide bonds. The number of aliphatic carboxylic acids is 3. The number of carboxylic acid groups (broad SMARTS) is 3. The molecule has 0 radical (unpaired) electrons. The van der Waals surface area contributed by atoms with Gasteiger partial charge in [0.1, 0.15) is 0 Å². The third-order valence-electron chi connectivity index (χ3n) is 6.33. The highest BCUT2D eigenvalue weighted by molar-refractivity contribution is 5.78. The molecule has 0 spiro atoms. The van der Waals surface area contributed by atoms with E-state index in [1.165, 1.54) is 32.1 Å². The highest BCUT2D eigenvalue weighted by Crippen LogP contribution is 2.32. The predicted octanol–water partition coefficient (Wildman–Crippen LogP) is 5.09. The smallest absolute Gasteiger partial charge is 0.362 e. The van der Waals surface area contributed by atoms with E-state index in [1.807, 2.05) is 6.08 Å². The van der Waals surface area contributed by atoms with Gasteiger partial charge >= 0.3 is 17.9 Å². The molecule has 0 bridgehead atoms. The number of nitrogens with zero attached hydrogens (tertiary/aromatic N) is 1. The van der Waals surface area contributed by atoms with Crippen LogP contribution in [0.3, 0.4) is 0 Å². The summed E-state index contributed by atoms with van der Waals surface area (Å²) in [6.07, 6.45) is 13.1. The van der Waals surface area contributed by atoms with E-state index in [1.54, 1.807) is 20.8 Å². The van der Waals surface area contributed by atoms with Crippen molar-refractivity contribution < 1.29 is 34.2 Å². The van der Waals surface area contributed by atoms with Crippen LogP contribution in [0.4, 0.5) is 0 Å². The van der Waals surface area contributed by atoms with Crippen LogP contribution in [0.1, 0.15) is 98.3 Å². The lowest BCUT2D eigenvalue weighted by atomic mass is 9.94. The van der Waals surface area contributed by atoms with Crippen LogP contribution in [0.5, 0.6) is 0 Å². The van der Waals surface area contributed by atoms with E-state index in [2.05, 4.69) is 13.0 Å². The van der Waals surface area contributed by atoms with E-state index in [-0.39, 0.29) is 25.8 Å². The van der Waals surface area contributed by atoms with Gasteiger partial charge in [-0.25, -0.2) is 14.4 Å². The summed E-state index contributed by atoms with van der Waals surface area (Å²) in [6.45, 7) is 7.42. The molecular weight excluding hydrogens is 398 g/mol. The van der Waals surface area contributed by atoms with Gasteiger partial charge in [0, 0.05) is 25.7 Å². The quantitative estimate of drug-likeness (QED) is 0.146. The van der Waals surface area contributed by atoms with Crippen LogP contribution >= 0.6 is 0 Å². The van der Waals surface area contributed by atoms with Crippen LogP contribution in [0.2, 0.25) is 0 Å². The molecule has 0 saturated heterocycles. The molecule has 7 nitrogen and oxygen atoms in total. The topological polar surface area (TPSA) is 112 Å². The Bertz CT molecular complexity index is 519. The second-order valence-electron chi connectivity index (χ2n) is 8.32. The lowest BCUT2D eigenvalue weighted by molar-refractivity contribution is -0.972. The minimum atomic E-state index is -1.14. The fraction of sp³-hybridized carbons (Fsp3) is 0.792. The summed E-state index contributed by atoms with van der Waals surface area (Å²) in [5.74, 6) is -3.42. The average Bonchev–Trinajstić information content (AvgIpc) is 2.69. The molecule has 31 heavy (non-hydrogen) atoms. The zero-order valence-corrected chi connectivity index (χ0v) is 19.9. The maximum atomic E-state index is 12.1. The van der Waals surface area contributed by atoms with Crippen LogP contribution in [0, 0.1) is 0 Å². The van der Waals surface area contributed by atoms with Gasteiger partial charge < -0.3 is 15.3 Å². The summed E-state index contributed by atoms with van der Waals surface area (Å²) in [5.41, 5.74) is 0. The molecule has 0 heterocycles. The van der Waals surface area contributed by atoms with E-state index in [9.17, 15) is 29.7 Å². The molecule has 0 aromatic rings. The minimum Gasteiger partial charge on any atom is -0.477 e. The van der Waals surface area contributed by atoms with E-state index < -0.39 is 40.5 Å². The number of carboxylic acids is 3. The van der Waals surface area contributed by atoms with Crippen molar-refractivity contribution in [1.82, 2.24) is 0 Å². The predicted molar refractivity (Wildman–Crippen MR) is 122 cm³/mol. The third kappa shape index (κ3) is 8.63. The lowest BCUT2D eigenvalue weighted by Gasteiger charge is -2.49. The molecule has 3 N–H and O–H groups in total. The normalized spacial score (nSPS) is 16.5. The number of rotatable bonds is 19. The van der Waals surface area contributed by atoms with Gasteiger partial charge in [0.25, 0.3) is 0 Å². The first kappa shape index (κ1) is 29.1. The molecule has 0 rings (SSSR count). The van der Waals surface area contributed by atoms with Gasteiger partial charge in [-0.2, -0.15) is 0 Å². The maximum absolute atomic E-state index is 12.1. The molecule has 0 aliphatic rings. The number of unbranched alkanes of at least 4 members (excludes halogenated alkanes) is 6. The van der Waals surface area contributed by atoms with Crippen LogP contribution in [0.25, 0.3) is 0 Å². The molecule has 180 valence electrons. The number of hydrogen-bond donors (Lipinski definition) is 3. The minimum absolute atomic E-state index is 0.171. The van der Waals surface area contributed by atoms with Crippen LogP contribution in [-0.2, 0) is 14.4 Å². The summed E-state index contributed by atoms with van der Waals surface area (Å²) in [7, 11) is 0. The number of allylic oxidation sites excluding steroid dienone is 1. The molecule has 0 aliphatic heterocycles. The Kier molecular flexibility index (Phi) is 14.9. The van der Waals surface area contributed by atoms with Crippen molar-refractivity contribution in [3.8, 4) is 0 Å². The Morgan fingerprint density at radius 2 is 1.03 bits per heavy atom. The summed E-state index contributed by atoms with van der Waals surface area (Å²) >= 11 is 0. The molecule has 3 atom stereocenters. The average molecular weight is 443 g/mol. The van der Waals surface area contributed by atoms with Crippen LogP contribution in [0.15, 0.2) is 12.2 Å². The summed E-state index contributed by atoms with van der Waals surface area (Å²) in [5, 5.41) is 29.7. The van der Waals surface area contributed by atoms with Crippen molar-refractivity contribution in [2.75, 3.05) is 6.54 Å². The zero-order chi connectivity index (χ0) is 23.9.